The zero-order valence-corrected chi connectivity index (χ0v) is 16.4. The maximum atomic E-state index is 6.70. The quantitative estimate of drug-likeness (QED) is 0.416. The van der Waals surface area contributed by atoms with Crippen molar-refractivity contribution in [3.05, 3.63) is 69.2 Å². The molecule has 3 nitrogen and oxygen atoms in total. The fraction of sp³-hybridized carbons (Fsp3) is 0.250. The first kappa shape index (κ1) is 17.8. The summed E-state index contributed by atoms with van der Waals surface area (Å²) in [6.45, 7) is 0.715. The van der Waals surface area contributed by atoms with Gasteiger partial charge in [-0.05, 0) is 18.4 Å². The Morgan fingerprint density at radius 3 is 2.69 bits per heavy atom. The van der Waals surface area contributed by atoms with E-state index in [2.05, 4.69) is 34.6 Å². The highest BCUT2D eigenvalue weighted by atomic mass is 35.5. The third-order valence-corrected chi connectivity index (χ3v) is 6.75. The van der Waals surface area contributed by atoms with Crippen molar-refractivity contribution in [2.75, 3.05) is 5.32 Å². The van der Waals surface area contributed by atoms with Crippen molar-refractivity contribution in [3.8, 4) is 0 Å². The predicted octanol–water partition coefficient (Wildman–Crippen LogP) is 5.98. The Morgan fingerprint density at radius 2 is 1.92 bits per heavy atom. The van der Waals surface area contributed by atoms with Crippen molar-refractivity contribution < 1.29 is 0 Å². The summed E-state index contributed by atoms with van der Waals surface area (Å²) in [4.78, 5) is 5.58. The first-order valence-electron chi connectivity index (χ1n) is 8.60. The number of hydrogen-bond donors (Lipinski definition) is 2. The summed E-state index contributed by atoms with van der Waals surface area (Å²) in [6, 6.07) is 12.2. The minimum absolute atomic E-state index is 0.0850. The molecular formula is C20H19Cl2N3S. The number of thiophene rings is 1. The number of nitrogens with one attached hydrogen (secondary N) is 1. The Morgan fingerprint density at radius 1 is 1.15 bits per heavy atom. The minimum atomic E-state index is 0.0850. The largest absolute Gasteiger partial charge is 0.380 e. The predicted molar refractivity (Wildman–Crippen MR) is 112 cm³/mol. The zero-order valence-electron chi connectivity index (χ0n) is 14.1. The van der Waals surface area contributed by atoms with Crippen molar-refractivity contribution in [1.29, 1.82) is 0 Å². The van der Waals surface area contributed by atoms with Crippen LogP contribution < -0.4 is 11.1 Å². The van der Waals surface area contributed by atoms with E-state index in [4.69, 9.17) is 28.9 Å². The van der Waals surface area contributed by atoms with Crippen LogP contribution in [0.15, 0.2) is 48.6 Å². The number of benzene rings is 1. The Labute approximate surface area is 166 Å². The van der Waals surface area contributed by atoms with Crippen LogP contribution in [-0.4, -0.2) is 11.0 Å². The lowest BCUT2D eigenvalue weighted by Crippen LogP contribution is -2.29. The Balaban J connectivity index is 1.72. The minimum Gasteiger partial charge on any atom is -0.380 e. The van der Waals surface area contributed by atoms with Crippen molar-refractivity contribution in [3.63, 3.8) is 0 Å². The lowest BCUT2D eigenvalue weighted by Gasteiger charge is -2.24. The zero-order chi connectivity index (χ0) is 18.1. The van der Waals surface area contributed by atoms with E-state index >= 15 is 0 Å². The van der Waals surface area contributed by atoms with Crippen LogP contribution in [0.5, 0.6) is 0 Å². The fourth-order valence-electron chi connectivity index (χ4n) is 3.33. The van der Waals surface area contributed by atoms with Gasteiger partial charge in [0.1, 0.15) is 10.7 Å². The third kappa shape index (κ3) is 3.47. The number of nitrogens with zero attached hydrogens (tertiary/aromatic N) is 1. The number of nitrogens with two attached hydrogens (primary N) is 1. The van der Waals surface area contributed by atoms with E-state index < -0.39 is 0 Å². The summed E-state index contributed by atoms with van der Waals surface area (Å²) >= 11 is 14.6. The molecule has 1 aliphatic carbocycles. The van der Waals surface area contributed by atoms with E-state index in [1.54, 1.807) is 11.3 Å². The van der Waals surface area contributed by atoms with E-state index in [0.29, 0.717) is 16.7 Å². The summed E-state index contributed by atoms with van der Waals surface area (Å²) in [5, 5.41) is 4.60. The number of rotatable bonds is 4. The van der Waals surface area contributed by atoms with Crippen molar-refractivity contribution in [2.24, 2.45) is 5.73 Å². The molecule has 0 bridgehead atoms. The molecule has 0 saturated carbocycles. The Bertz CT molecular complexity index is 953. The van der Waals surface area contributed by atoms with Crippen LogP contribution in [0.25, 0.3) is 10.2 Å². The maximum absolute atomic E-state index is 6.70. The molecule has 0 fully saturated rings. The van der Waals surface area contributed by atoms with Gasteiger partial charge in [-0.25, -0.2) is 4.98 Å². The summed E-state index contributed by atoms with van der Waals surface area (Å²) in [5.41, 5.74) is 9.26. The fourth-order valence-corrected chi connectivity index (χ4v) is 5.28. The number of hydrogen-bond acceptors (Lipinski definition) is 4. The number of pyridine rings is 1. The molecule has 3 N–H and O–H groups in total. The van der Waals surface area contributed by atoms with E-state index in [1.807, 2.05) is 24.3 Å². The van der Waals surface area contributed by atoms with Gasteiger partial charge in [0, 0.05) is 29.4 Å². The van der Waals surface area contributed by atoms with Crippen LogP contribution in [-0.2, 0) is 6.54 Å². The van der Waals surface area contributed by atoms with Gasteiger partial charge in [0.25, 0.3) is 0 Å². The molecule has 0 spiro atoms. The molecule has 1 aromatic carbocycles. The van der Waals surface area contributed by atoms with Crippen molar-refractivity contribution in [2.45, 2.75) is 31.3 Å². The third-order valence-electron chi connectivity index (χ3n) is 4.72. The number of anilines is 1. The van der Waals surface area contributed by atoms with Gasteiger partial charge >= 0.3 is 0 Å². The van der Waals surface area contributed by atoms with Crippen molar-refractivity contribution in [1.82, 2.24) is 4.98 Å². The van der Waals surface area contributed by atoms with Crippen molar-refractivity contribution >= 4 is 50.4 Å². The van der Waals surface area contributed by atoms with Crippen LogP contribution in [0.3, 0.4) is 0 Å². The van der Waals surface area contributed by atoms with E-state index in [0.717, 1.165) is 33.6 Å². The second-order valence-corrected chi connectivity index (χ2v) is 8.32. The molecule has 134 valence electrons. The van der Waals surface area contributed by atoms with E-state index in [9.17, 15) is 0 Å². The summed E-state index contributed by atoms with van der Waals surface area (Å²) in [6.07, 6.45) is 6.12. The normalized spacial score (nSPS) is 19.8. The van der Waals surface area contributed by atoms with Crippen LogP contribution in [0.2, 0.25) is 10.2 Å². The Hall–Kier alpha value is -1.59. The molecule has 1 aliphatic rings. The van der Waals surface area contributed by atoms with Gasteiger partial charge in [-0.3, -0.25) is 0 Å². The summed E-state index contributed by atoms with van der Waals surface area (Å²) < 4.78 is 1.03. The number of halogens is 2. The molecule has 2 heterocycles. The molecule has 3 aromatic rings. The van der Waals surface area contributed by atoms with Gasteiger partial charge in [0.2, 0.25) is 0 Å². The lowest BCUT2D eigenvalue weighted by atomic mass is 9.88. The van der Waals surface area contributed by atoms with E-state index in [1.165, 1.54) is 5.56 Å². The molecule has 0 aliphatic heterocycles. The molecule has 0 radical (unpaired) electrons. The summed E-state index contributed by atoms with van der Waals surface area (Å²) in [5.74, 6) is 0.229. The maximum Gasteiger partial charge on any atom is 0.131 e. The van der Waals surface area contributed by atoms with Gasteiger partial charge in [-0.2, -0.15) is 0 Å². The average Bonchev–Trinajstić information content (AvgIpc) is 2.98. The molecule has 0 saturated heterocycles. The smallest absolute Gasteiger partial charge is 0.131 e. The van der Waals surface area contributed by atoms with Crippen LogP contribution in [0.4, 0.5) is 5.69 Å². The lowest BCUT2D eigenvalue weighted by molar-refractivity contribution is 0.528. The van der Waals surface area contributed by atoms with Gasteiger partial charge in [0.15, 0.2) is 0 Å². The number of aromatic nitrogens is 1. The van der Waals surface area contributed by atoms with Gasteiger partial charge < -0.3 is 11.1 Å². The van der Waals surface area contributed by atoms with Crippen LogP contribution in [0.1, 0.15) is 29.2 Å². The highest BCUT2D eigenvalue weighted by molar-refractivity contribution is 7.20. The highest BCUT2D eigenvalue weighted by Gasteiger charge is 2.27. The number of fused-ring (bicyclic) bond motifs is 1. The first-order chi connectivity index (χ1) is 12.6. The van der Waals surface area contributed by atoms with Gasteiger partial charge in [-0.1, -0.05) is 65.7 Å². The molecule has 4 rings (SSSR count). The second kappa shape index (κ2) is 7.57. The number of allylic oxidation sites excluding steroid dienone is 1. The second-order valence-electron chi connectivity index (χ2n) is 6.50. The average molecular weight is 404 g/mol. The van der Waals surface area contributed by atoms with E-state index in [-0.39, 0.29) is 12.0 Å². The SMILES string of the molecule is N[C@@H]1CC=CC[C@H]1c1sc2c(NCc3ccccc3)cc(Cl)nc2c1Cl. The standard InChI is InChI=1S/C20H19Cl2N3S/c21-16-10-15(24-11-12-6-2-1-3-7-12)20-18(25-16)17(22)19(26-20)13-8-4-5-9-14(13)23/h1-7,10,13-14H,8-9,11,23H2,(H,24,25)/t13-,14-/m1/s1. The van der Waals surface area contributed by atoms with Gasteiger partial charge in [0.05, 0.1) is 15.4 Å². The molecule has 26 heavy (non-hydrogen) atoms. The monoisotopic (exact) mass is 403 g/mol. The summed E-state index contributed by atoms with van der Waals surface area (Å²) in [7, 11) is 0. The molecule has 2 aromatic heterocycles. The first-order valence-corrected chi connectivity index (χ1v) is 10.2. The molecule has 6 heteroatoms. The Kier molecular flexibility index (Phi) is 5.18. The van der Waals surface area contributed by atoms with Gasteiger partial charge in [-0.15, -0.1) is 11.3 Å². The molecule has 2 atom stereocenters. The van der Waals surface area contributed by atoms with Crippen LogP contribution >= 0.6 is 34.5 Å². The molecule has 0 unspecified atom stereocenters. The highest BCUT2D eigenvalue weighted by Crippen LogP contribution is 2.45. The molecular weight excluding hydrogens is 385 g/mol. The van der Waals surface area contributed by atoms with Crippen LogP contribution in [0, 0.1) is 0 Å². The molecule has 0 amide bonds. The topological polar surface area (TPSA) is 50.9 Å².